The average Bonchev–Trinajstić information content (AvgIpc) is 3.30. The number of hydrogen-bond donors (Lipinski definition) is 2. The Hall–Kier alpha value is -2.90. The number of carbonyl (C=O) groups excluding carboxylic acids is 1. The van der Waals surface area contributed by atoms with E-state index in [1.165, 1.54) is 15.3 Å². The fourth-order valence-corrected chi connectivity index (χ4v) is 5.51. The molecule has 1 amide bonds. The van der Waals surface area contributed by atoms with E-state index in [0.717, 1.165) is 32.8 Å². The molecule has 0 radical (unpaired) electrons. The lowest BCUT2D eigenvalue weighted by Crippen LogP contribution is -2.27. The predicted octanol–water partition coefficient (Wildman–Crippen LogP) is 6.19. The maximum atomic E-state index is 12.8. The highest BCUT2D eigenvalue weighted by Crippen LogP contribution is 2.27. The van der Waals surface area contributed by atoms with Gasteiger partial charge in [-0.3, -0.25) is 9.36 Å². The summed E-state index contributed by atoms with van der Waals surface area (Å²) in [6.07, 6.45) is 1.56. The van der Waals surface area contributed by atoms with Crippen molar-refractivity contribution in [2.45, 2.75) is 30.8 Å². The molecule has 4 aromatic rings. The quantitative estimate of drug-likeness (QED) is 0.0885. The van der Waals surface area contributed by atoms with Crippen molar-refractivity contribution in [3.05, 3.63) is 91.7 Å². The third-order valence-electron chi connectivity index (χ3n) is 5.56. The zero-order chi connectivity index (χ0) is 27.1. The zero-order valence-corrected chi connectivity index (χ0v) is 25.5. The van der Waals surface area contributed by atoms with Gasteiger partial charge in [-0.1, -0.05) is 45.9 Å². The molecule has 1 atom stereocenters. The monoisotopic (exact) mass is 704 g/mol. The molecular weight excluding hydrogens is 679 g/mol. The Balaban J connectivity index is 1.49. The van der Waals surface area contributed by atoms with E-state index in [1.807, 2.05) is 60.0 Å². The van der Waals surface area contributed by atoms with Gasteiger partial charge in [-0.2, -0.15) is 5.10 Å². The minimum atomic E-state index is -0.470. The van der Waals surface area contributed by atoms with Gasteiger partial charge >= 0.3 is 0 Å². The number of nitrogens with zero attached hydrogens (tertiary/aromatic N) is 4. The first-order valence-electron chi connectivity index (χ1n) is 11.7. The second-order valence-electron chi connectivity index (χ2n) is 8.26. The van der Waals surface area contributed by atoms with E-state index in [2.05, 4.69) is 89.7 Å². The van der Waals surface area contributed by atoms with Crippen LogP contribution in [-0.2, 0) is 11.3 Å². The normalized spacial score (nSPS) is 11.9. The first-order chi connectivity index (χ1) is 18.4. The van der Waals surface area contributed by atoms with Crippen LogP contribution >= 0.6 is 50.3 Å². The van der Waals surface area contributed by atoms with Gasteiger partial charge < -0.3 is 10.1 Å². The van der Waals surface area contributed by atoms with Gasteiger partial charge in [0.2, 0.25) is 0 Å². The molecule has 0 saturated heterocycles. The molecule has 0 bridgehead atoms. The summed E-state index contributed by atoms with van der Waals surface area (Å²) in [6, 6.07) is 21.7. The van der Waals surface area contributed by atoms with Crippen LogP contribution in [0.1, 0.15) is 23.9 Å². The fourth-order valence-electron chi connectivity index (χ4n) is 3.60. The summed E-state index contributed by atoms with van der Waals surface area (Å²) >= 11 is 7.06. The summed E-state index contributed by atoms with van der Waals surface area (Å²) in [7, 11) is 1.59. The SMILES string of the molecule is COc1ccc(Br)cc1C=NNC(=O)[C@@H](C)Sc1nnc(CNc2ccc(I)cc2C)n1-c1ccccc1. The van der Waals surface area contributed by atoms with Crippen LogP contribution in [0.2, 0.25) is 0 Å². The minimum absolute atomic E-state index is 0.253. The number of carbonyl (C=O) groups is 1. The van der Waals surface area contributed by atoms with Gasteiger partial charge in [-0.25, -0.2) is 5.43 Å². The number of aromatic nitrogens is 3. The third kappa shape index (κ3) is 7.14. The van der Waals surface area contributed by atoms with Crippen LogP contribution < -0.4 is 15.5 Å². The molecule has 196 valence electrons. The highest BCUT2D eigenvalue weighted by Gasteiger charge is 2.21. The van der Waals surface area contributed by atoms with E-state index in [1.54, 1.807) is 13.3 Å². The molecule has 0 spiro atoms. The summed E-state index contributed by atoms with van der Waals surface area (Å²) in [5.74, 6) is 1.15. The second-order valence-corrected chi connectivity index (χ2v) is 11.7. The van der Waals surface area contributed by atoms with E-state index in [0.29, 0.717) is 17.5 Å². The molecule has 3 aromatic carbocycles. The predicted molar refractivity (Wildman–Crippen MR) is 164 cm³/mol. The number of halogens is 2. The van der Waals surface area contributed by atoms with Crippen molar-refractivity contribution < 1.29 is 9.53 Å². The van der Waals surface area contributed by atoms with Gasteiger partial charge in [0.25, 0.3) is 5.91 Å². The van der Waals surface area contributed by atoms with E-state index < -0.39 is 5.25 Å². The Morgan fingerprint density at radius 1 is 1.18 bits per heavy atom. The van der Waals surface area contributed by atoms with Crippen LogP contribution in [0.3, 0.4) is 0 Å². The molecule has 2 N–H and O–H groups in total. The van der Waals surface area contributed by atoms with Crippen molar-refractivity contribution in [3.8, 4) is 11.4 Å². The molecule has 0 saturated carbocycles. The molecular formula is C27H26BrIN6O2S. The van der Waals surface area contributed by atoms with Crippen molar-refractivity contribution in [1.29, 1.82) is 0 Å². The summed E-state index contributed by atoms with van der Waals surface area (Å²) < 4.78 is 9.39. The van der Waals surface area contributed by atoms with Crippen LogP contribution in [0, 0.1) is 10.5 Å². The lowest BCUT2D eigenvalue weighted by atomic mass is 10.2. The van der Waals surface area contributed by atoms with Crippen LogP contribution in [-0.4, -0.2) is 39.2 Å². The number of nitrogens with one attached hydrogen (secondary N) is 2. The summed E-state index contributed by atoms with van der Waals surface area (Å²) in [5.41, 5.74) is 6.47. The maximum absolute atomic E-state index is 12.8. The summed E-state index contributed by atoms with van der Waals surface area (Å²) in [5, 5.41) is 16.6. The Kier molecular flexibility index (Phi) is 9.80. The Labute approximate surface area is 247 Å². The number of methoxy groups -OCH3 is 1. The lowest BCUT2D eigenvalue weighted by molar-refractivity contribution is -0.120. The third-order valence-corrected chi connectivity index (χ3v) is 7.77. The second kappa shape index (κ2) is 13.3. The molecule has 0 aliphatic heterocycles. The van der Waals surface area contributed by atoms with E-state index >= 15 is 0 Å². The Morgan fingerprint density at radius 2 is 1.97 bits per heavy atom. The molecule has 1 aromatic heterocycles. The average molecular weight is 705 g/mol. The zero-order valence-electron chi connectivity index (χ0n) is 21.0. The summed E-state index contributed by atoms with van der Waals surface area (Å²) in [4.78, 5) is 12.8. The Morgan fingerprint density at radius 3 is 2.71 bits per heavy atom. The van der Waals surface area contributed by atoms with E-state index in [-0.39, 0.29) is 5.91 Å². The molecule has 8 nitrogen and oxygen atoms in total. The van der Waals surface area contributed by atoms with Crippen molar-refractivity contribution in [2.24, 2.45) is 5.10 Å². The van der Waals surface area contributed by atoms with Crippen molar-refractivity contribution >= 4 is 68.1 Å². The number of thioether (sulfide) groups is 1. The largest absolute Gasteiger partial charge is 0.496 e. The van der Waals surface area contributed by atoms with Gasteiger partial charge in [0, 0.05) is 25.0 Å². The van der Waals surface area contributed by atoms with Crippen molar-refractivity contribution in [1.82, 2.24) is 20.2 Å². The molecule has 0 aliphatic carbocycles. The van der Waals surface area contributed by atoms with Gasteiger partial charge in [0.1, 0.15) is 5.75 Å². The minimum Gasteiger partial charge on any atom is -0.496 e. The van der Waals surface area contributed by atoms with Crippen LogP contribution in [0.15, 0.2) is 81.5 Å². The highest BCUT2D eigenvalue weighted by atomic mass is 127. The smallest absolute Gasteiger partial charge is 0.253 e. The molecule has 0 fully saturated rings. The molecule has 1 heterocycles. The van der Waals surface area contributed by atoms with Crippen molar-refractivity contribution in [3.63, 3.8) is 0 Å². The fraction of sp³-hybridized carbons (Fsp3) is 0.185. The van der Waals surface area contributed by atoms with Gasteiger partial charge in [0.15, 0.2) is 11.0 Å². The molecule has 0 unspecified atom stereocenters. The number of anilines is 1. The number of aryl methyl sites for hydroxylation is 1. The number of hydrazone groups is 1. The standard InChI is InChI=1S/C27H26BrIN6O2S/c1-17-13-21(29)10-11-23(17)30-16-25-32-34-27(35(25)22-7-5-4-6-8-22)38-18(2)26(36)33-31-15-19-14-20(28)9-12-24(19)37-3/h4-15,18,30H,16H2,1-3H3,(H,33,36)/t18-/m1/s1. The van der Waals surface area contributed by atoms with E-state index in [4.69, 9.17) is 4.74 Å². The van der Waals surface area contributed by atoms with Gasteiger partial charge in [0.05, 0.1) is 25.1 Å². The number of para-hydroxylation sites is 1. The van der Waals surface area contributed by atoms with Crippen LogP contribution in [0.5, 0.6) is 5.75 Å². The molecule has 11 heteroatoms. The number of amides is 1. The lowest BCUT2D eigenvalue weighted by Gasteiger charge is -2.14. The number of ether oxygens (including phenoxy) is 1. The molecule has 0 aliphatic rings. The van der Waals surface area contributed by atoms with Gasteiger partial charge in [-0.15, -0.1) is 10.2 Å². The van der Waals surface area contributed by atoms with Crippen LogP contribution in [0.25, 0.3) is 5.69 Å². The topological polar surface area (TPSA) is 93.4 Å². The number of benzene rings is 3. The van der Waals surface area contributed by atoms with E-state index in [9.17, 15) is 4.79 Å². The Bertz CT molecular complexity index is 1450. The molecule has 38 heavy (non-hydrogen) atoms. The number of rotatable bonds is 10. The van der Waals surface area contributed by atoms with Crippen molar-refractivity contribution in [2.75, 3.05) is 12.4 Å². The maximum Gasteiger partial charge on any atom is 0.253 e. The summed E-state index contributed by atoms with van der Waals surface area (Å²) in [6.45, 7) is 4.36. The first kappa shape index (κ1) is 28.1. The first-order valence-corrected chi connectivity index (χ1v) is 14.4. The molecule has 4 rings (SSSR count). The number of hydrogen-bond acceptors (Lipinski definition) is 7. The van der Waals surface area contributed by atoms with Gasteiger partial charge in [-0.05, 0) is 90.5 Å². The highest BCUT2D eigenvalue weighted by molar-refractivity contribution is 14.1. The van der Waals surface area contributed by atoms with Crippen LogP contribution in [0.4, 0.5) is 5.69 Å².